The first-order valence-corrected chi connectivity index (χ1v) is 13.6. The highest BCUT2D eigenvalue weighted by molar-refractivity contribution is 6.30. The fourth-order valence-corrected chi connectivity index (χ4v) is 5.72. The highest BCUT2D eigenvalue weighted by atomic mass is 35.5. The van der Waals surface area contributed by atoms with E-state index in [-0.39, 0.29) is 11.8 Å². The van der Waals surface area contributed by atoms with Gasteiger partial charge in [-0.3, -0.25) is 14.6 Å². The third-order valence-corrected chi connectivity index (χ3v) is 8.16. The van der Waals surface area contributed by atoms with Crippen LogP contribution in [0.3, 0.4) is 0 Å². The summed E-state index contributed by atoms with van der Waals surface area (Å²) in [6.45, 7) is 17.0. The second kappa shape index (κ2) is 11.8. The van der Waals surface area contributed by atoms with Gasteiger partial charge in [0.2, 0.25) is 5.91 Å². The van der Waals surface area contributed by atoms with Gasteiger partial charge in [0.05, 0.1) is 5.92 Å². The maximum atomic E-state index is 13.8. The maximum absolute atomic E-state index is 13.8. The molecule has 0 aromatic heterocycles. The first-order chi connectivity index (χ1) is 16.9. The number of benzene rings is 2. The van der Waals surface area contributed by atoms with Crippen LogP contribution in [0.25, 0.3) is 0 Å². The Morgan fingerprint density at radius 2 is 1.63 bits per heavy atom. The summed E-state index contributed by atoms with van der Waals surface area (Å²) in [5.41, 5.74) is 3.92. The molecule has 0 bridgehead atoms. The van der Waals surface area contributed by atoms with Crippen molar-refractivity contribution in [3.63, 3.8) is 0 Å². The molecule has 35 heavy (non-hydrogen) atoms. The molecular formula is C29H41ClN4O. The van der Waals surface area contributed by atoms with Crippen molar-refractivity contribution in [3.8, 4) is 0 Å². The standard InChI is InChI=1S/C29H41ClN4O/c1-5-31(6-2)19-24-9-7-8-10-28(24)32-15-17-33(18-16-32)29(35)27-21-34(22(3)4)20-26(27)23-11-13-25(30)14-12-23/h7-14,22,26-27H,5-6,15-21H2,1-4H3/t26-,27+/m0/s1. The van der Waals surface area contributed by atoms with Crippen LogP contribution < -0.4 is 4.90 Å². The molecule has 5 nitrogen and oxygen atoms in total. The lowest BCUT2D eigenvalue weighted by atomic mass is 9.88. The second-order valence-electron chi connectivity index (χ2n) is 10.2. The summed E-state index contributed by atoms with van der Waals surface area (Å²) in [6, 6.07) is 17.3. The van der Waals surface area contributed by atoms with Crippen LogP contribution >= 0.6 is 11.6 Å². The van der Waals surface area contributed by atoms with Crippen molar-refractivity contribution in [1.29, 1.82) is 0 Å². The zero-order valence-corrected chi connectivity index (χ0v) is 22.5. The minimum atomic E-state index is 0.0000726. The molecule has 0 spiro atoms. The minimum absolute atomic E-state index is 0.0000726. The van der Waals surface area contributed by atoms with Crippen LogP contribution in [0.4, 0.5) is 5.69 Å². The second-order valence-corrected chi connectivity index (χ2v) is 10.7. The number of nitrogens with zero attached hydrogens (tertiary/aromatic N) is 4. The number of halogens is 1. The molecule has 0 N–H and O–H groups in total. The summed E-state index contributed by atoms with van der Waals surface area (Å²) in [6.07, 6.45) is 0. The molecule has 2 atom stereocenters. The van der Waals surface area contributed by atoms with E-state index in [1.54, 1.807) is 0 Å². The number of likely N-dealkylation sites (tertiary alicyclic amines) is 1. The molecule has 0 unspecified atom stereocenters. The SMILES string of the molecule is CCN(CC)Cc1ccccc1N1CCN(C(=O)[C@@H]2CN(C(C)C)C[C@H]2c2ccc(Cl)cc2)CC1. The van der Waals surface area contributed by atoms with Crippen LogP contribution in [-0.4, -0.2) is 79.0 Å². The van der Waals surface area contributed by atoms with Crippen LogP contribution in [0.1, 0.15) is 44.7 Å². The Morgan fingerprint density at radius 3 is 2.26 bits per heavy atom. The third-order valence-electron chi connectivity index (χ3n) is 7.91. The molecule has 0 saturated carbocycles. The Balaban J connectivity index is 1.44. The van der Waals surface area contributed by atoms with E-state index in [0.717, 1.165) is 63.9 Å². The summed E-state index contributed by atoms with van der Waals surface area (Å²) in [4.78, 5) is 23.3. The van der Waals surface area contributed by atoms with Crippen molar-refractivity contribution in [2.24, 2.45) is 5.92 Å². The average molecular weight is 497 g/mol. The molecule has 2 fully saturated rings. The Morgan fingerprint density at radius 1 is 0.971 bits per heavy atom. The van der Waals surface area contributed by atoms with Gasteiger partial charge in [0.15, 0.2) is 0 Å². The number of carbonyl (C=O) groups excluding carboxylic acids is 1. The zero-order chi connectivity index (χ0) is 24.9. The highest BCUT2D eigenvalue weighted by Crippen LogP contribution is 2.36. The smallest absolute Gasteiger partial charge is 0.227 e. The fraction of sp³-hybridized carbons (Fsp3) is 0.552. The predicted molar refractivity (Wildman–Crippen MR) is 146 cm³/mol. The predicted octanol–water partition coefficient (Wildman–Crippen LogP) is 4.95. The fourth-order valence-electron chi connectivity index (χ4n) is 5.60. The summed E-state index contributed by atoms with van der Waals surface area (Å²) in [7, 11) is 0. The van der Waals surface area contributed by atoms with Crippen molar-refractivity contribution >= 4 is 23.2 Å². The number of hydrogen-bond acceptors (Lipinski definition) is 4. The lowest BCUT2D eigenvalue weighted by Gasteiger charge is -2.39. The average Bonchev–Trinajstić information content (AvgIpc) is 3.33. The van der Waals surface area contributed by atoms with E-state index >= 15 is 0 Å². The zero-order valence-electron chi connectivity index (χ0n) is 21.8. The van der Waals surface area contributed by atoms with Gasteiger partial charge < -0.3 is 9.80 Å². The molecule has 2 saturated heterocycles. The van der Waals surface area contributed by atoms with E-state index in [1.807, 2.05) is 12.1 Å². The van der Waals surface area contributed by atoms with E-state index in [1.165, 1.54) is 16.8 Å². The van der Waals surface area contributed by atoms with Gasteiger partial charge in [0, 0.05) is 68.5 Å². The molecule has 2 aliphatic rings. The van der Waals surface area contributed by atoms with E-state index in [2.05, 4.69) is 83.7 Å². The number of carbonyl (C=O) groups is 1. The molecule has 2 aromatic rings. The number of hydrogen-bond donors (Lipinski definition) is 0. The maximum Gasteiger partial charge on any atom is 0.227 e. The van der Waals surface area contributed by atoms with E-state index in [4.69, 9.17) is 11.6 Å². The third kappa shape index (κ3) is 6.02. The van der Waals surface area contributed by atoms with Crippen molar-refractivity contribution in [3.05, 3.63) is 64.7 Å². The molecule has 2 aromatic carbocycles. The van der Waals surface area contributed by atoms with Crippen LogP contribution in [0.5, 0.6) is 0 Å². The van der Waals surface area contributed by atoms with Crippen molar-refractivity contribution in [2.45, 2.75) is 46.2 Å². The number of para-hydroxylation sites is 1. The van der Waals surface area contributed by atoms with Crippen molar-refractivity contribution in [2.75, 3.05) is 57.3 Å². The van der Waals surface area contributed by atoms with Crippen LogP contribution in [0, 0.1) is 5.92 Å². The van der Waals surface area contributed by atoms with E-state index in [9.17, 15) is 4.79 Å². The van der Waals surface area contributed by atoms with Crippen LogP contribution in [0.2, 0.25) is 5.02 Å². The molecular weight excluding hydrogens is 456 g/mol. The van der Waals surface area contributed by atoms with Crippen molar-refractivity contribution in [1.82, 2.24) is 14.7 Å². The molecule has 1 amide bonds. The van der Waals surface area contributed by atoms with Gasteiger partial charge in [-0.2, -0.15) is 0 Å². The molecule has 2 aliphatic heterocycles. The first-order valence-electron chi connectivity index (χ1n) is 13.2. The van der Waals surface area contributed by atoms with Gasteiger partial charge in [-0.05, 0) is 56.3 Å². The van der Waals surface area contributed by atoms with Crippen LogP contribution in [-0.2, 0) is 11.3 Å². The van der Waals surface area contributed by atoms with Gasteiger partial charge in [-0.25, -0.2) is 0 Å². The molecule has 2 heterocycles. The Hall–Kier alpha value is -2.08. The minimum Gasteiger partial charge on any atom is -0.368 e. The largest absolute Gasteiger partial charge is 0.368 e. The van der Waals surface area contributed by atoms with Gasteiger partial charge >= 0.3 is 0 Å². The van der Waals surface area contributed by atoms with Gasteiger partial charge in [-0.15, -0.1) is 0 Å². The highest BCUT2D eigenvalue weighted by Gasteiger charge is 2.41. The van der Waals surface area contributed by atoms with Crippen LogP contribution in [0.15, 0.2) is 48.5 Å². The molecule has 0 radical (unpaired) electrons. The number of rotatable bonds is 8. The lowest BCUT2D eigenvalue weighted by Crippen LogP contribution is -2.51. The Kier molecular flexibility index (Phi) is 8.74. The topological polar surface area (TPSA) is 30.0 Å². The summed E-state index contributed by atoms with van der Waals surface area (Å²) < 4.78 is 0. The van der Waals surface area contributed by atoms with Gasteiger partial charge in [-0.1, -0.05) is 55.8 Å². The molecule has 6 heteroatoms. The Bertz CT molecular complexity index is 967. The van der Waals surface area contributed by atoms with Crippen molar-refractivity contribution < 1.29 is 4.79 Å². The monoisotopic (exact) mass is 496 g/mol. The quantitative estimate of drug-likeness (QED) is 0.517. The summed E-state index contributed by atoms with van der Waals surface area (Å²) in [5.74, 6) is 0.527. The van der Waals surface area contributed by atoms with Gasteiger partial charge in [0.1, 0.15) is 0 Å². The van der Waals surface area contributed by atoms with E-state index in [0.29, 0.717) is 11.9 Å². The molecule has 0 aliphatic carbocycles. The number of amides is 1. The lowest BCUT2D eigenvalue weighted by molar-refractivity contribution is -0.135. The number of anilines is 1. The first kappa shape index (κ1) is 26.0. The molecule has 4 rings (SSSR count). The number of piperazine rings is 1. The van der Waals surface area contributed by atoms with Gasteiger partial charge in [0.25, 0.3) is 0 Å². The molecule has 190 valence electrons. The Labute approximate surface area is 216 Å². The normalized spacial score (nSPS) is 21.3. The summed E-state index contributed by atoms with van der Waals surface area (Å²) in [5, 5.41) is 0.743. The van der Waals surface area contributed by atoms with E-state index < -0.39 is 0 Å². The summed E-state index contributed by atoms with van der Waals surface area (Å²) >= 11 is 6.14.